The number of unbranched alkanes of at least 4 members (excludes halogenated alkanes) is 2. The topological polar surface area (TPSA) is 30.2 Å². The molecule has 3 rings (SSSR count). The van der Waals surface area contributed by atoms with Crippen LogP contribution in [-0.2, 0) is 0 Å². The van der Waals surface area contributed by atoms with Crippen molar-refractivity contribution in [2.24, 2.45) is 17.8 Å². The zero-order chi connectivity index (χ0) is 15.9. The Kier molecular flexibility index (Phi) is 6.36. The molecule has 2 heteroatoms. The molecule has 0 N–H and O–H groups in total. The summed E-state index contributed by atoms with van der Waals surface area (Å²) < 4.78 is 5.17. The molecule has 0 radical (unpaired) electrons. The first-order chi connectivity index (χ1) is 11.3. The molecule has 0 aromatic carbocycles. The molecule has 1 aromatic rings. The Labute approximate surface area is 141 Å². The maximum absolute atomic E-state index is 11.9. The molecular formula is C21H32O2. The smallest absolute Gasteiger partial charge is 0.197 e. The van der Waals surface area contributed by atoms with E-state index >= 15 is 0 Å². The molecule has 1 aromatic heterocycles. The number of carbonyl (C=O) groups excluding carboxylic acids is 1. The first-order valence-corrected chi connectivity index (χ1v) is 9.91. The summed E-state index contributed by atoms with van der Waals surface area (Å²) in [7, 11) is 0. The first-order valence-electron chi connectivity index (χ1n) is 9.91. The van der Waals surface area contributed by atoms with E-state index in [-0.39, 0.29) is 5.78 Å². The summed E-state index contributed by atoms with van der Waals surface area (Å²) in [5.74, 6) is 3.73. The van der Waals surface area contributed by atoms with Crippen molar-refractivity contribution in [2.45, 2.75) is 83.5 Å². The number of hydrogen-bond acceptors (Lipinski definition) is 2. The third-order valence-corrected chi connectivity index (χ3v) is 6.25. The quantitative estimate of drug-likeness (QED) is 0.430. The molecule has 0 aliphatic heterocycles. The Hall–Kier alpha value is -1.05. The second-order valence-corrected chi connectivity index (χ2v) is 7.75. The molecule has 0 bridgehead atoms. The lowest BCUT2D eigenvalue weighted by atomic mass is 9.70. The Morgan fingerprint density at radius 1 is 1.00 bits per heavy atom. The predicted octanol–water partition coefficient (Wildman–Crippen LogP) is 6.41. The summed E-state index contributed by atoms with van der Waals surface area (Å²) >= 11 is 0. The second-order valence-electron chi connectivity index (χ2n) is 7.75. The molecule has 2 nitrogen and oxygen atoms in total. The predicted molar refractivity (Wildman–Crippen MR) is 93.5 cm³/mol. The molecule has 0 amide bonds. The van der Waals surface area contributed by atoms with E-state index in [1.165, 1.54) is 70.6 Å². The fraction of sp³-hybridized carbons (Fsp3) is 0.762. The van der Waals surface area contributed by atoms with Gasteiger partial charge in [-0.1, -0.05) is 64.2 Å². The number of ketones is 1. The first kappa shape index (κ1) is 16.8. The SMILES string of the molecule is O=C(CCCCCC1CCCCC2CCCCC12)c1ccco1. The maximum Gasteiger partial charge on any atom is 0.197 e. The Morgan fingerprint density at radius 3 is 2.57 bits per heavy atom. The highest BCUT2D eigenvalue weighted by Gasteiger charge is 2.32. The summed E-state index contributed by atoms with van der Waals surface area (Å²) in [4.78, 5) is 11.9. The van der Waals surface area contributed by atoms with Gasteiger partial charge in [-0.05, 0) is 42.7 Å². The summed E-state index contributed by atoms with van der Waals surface area (Å²) in [6.07, 6.45) is 19.0. The molecule has 23 heavy (non-hydrogen) atoms. The normalized spacial score (nSPS) is 28.1. The highest BCUT2D eigenvalue weighted by molar-refractivity contribution is 5.93. The zero-order valence-electron chi connectivity index (χ0n) is 14.5. The largest absolute Gasteiger partial charge is 0.461 e. The van der Waals surface area contributed by atoms with Gasteiger partial charge in [-0.2, -0.15) is 0 Å². The van der Waals surface area contributed by atoms with Gasteiger partial charge in [0.15, 0.2) is 11.5 Å². The van der Waals surface area contributed by atoms with E-state index < -0.39 is 0 Å². The van der Waals surface area contributed by atoms with E-state index in [0.29, 0.717) is 12.2 Å². The van der Waals surface area contributed by atoms with Crippen LogP contribution in [0.1, 0.15) is 94.0 Å². The summed E-state index contributed by atoms with van der Waals surface area (Å²) in [5.41, 5.74) is 0. The van der Waals surface area contributed by atoms with Gasteiger partial charge in [-0.15, -0.1) is 0 Å². The van der Waals surface area contributed by atoms with Gasteiger partial charge < -0.3 is 4.42 Å². The fourth-order valence-corrected chi connectivity index (χ4v) is 5.03. The van der Waals surface area contributed by atoms with Gasteiger partial charge in [0.2, 0.25) is 0 Å². The van der Waals surface area contributed by atoms with Gasteiger partial charge in [-0.3, -0.25) is 4.79 Å². The van der Waals surface area contributed by atoms with Gasteiger partial charge >= 0.3 is 0 Å². The molecule has 2 fully saturated rings. The van der Waals surface area contributed by atoms with Crippen molar-refractivity contribution in [1.29, 1.82) is 0 Å². The van der Waals surface area contributed by atoms with Crippen molar-refractivity contribution >= 4 is 5.78 Å². The number of Topliss-reactive ketones (excluding diaryl/α,β-unsaturated/α-hetero) is 1. The van der Waals surface area contributed by atoms with Crippen molar-refractivity contribution in [3.05, 3.63) is 24.2 Å². The van der Waals surface area contributed by atoms with E-state index in [1.54, 1.807) is 18.4 Å². The van der Waals surface area contributed by atoms with Crippen LogP contribution in [0.2, 0.25) is 0 Å². The lowest BCUT2D eigenvalue weighted by Gasteiger charge is -2.35. The number of rotatable bonds is 7. The monoisotopic (exact) mass is 316 g/mol. The molecule has 0 saturated heterocycles. The van der Waals surface area contributed by atoms with Gasteiger partial charge in [0, 0.05) is 6.42 Å². The van der Waals surface area contributed by atoms with Crippen LogP contribution in [0.15, 0.2) is 22.8 Å². The Bertz CT molecular complexity index is 462. The molecule has 3 atom stereocenters. The lowest BCUT2D eigenvalue weighted by Crippen LogP contribution is -2.25. The van der Waals surface area contributed by atoms with Crippen LogP contribution in [0.25, 0.3) is 0 Å². The van der Waals surface area contributed by atoms with Crippen molar-refractivity contribution in [3.63, 3.8) is 0 Å². The van der Waals surface area contributed by atoms with Crippen LogP contribution in [0.3, 0.4) is 0 Å². The minimum absolute atomic E-state index is 0.164. The van der Waals surface area contributed by atoms with Crippen molar-refractivity contribution < 1.29 is 9.21 Å². The fourth-order valence-electron chi connectivity index (χ4n) is 5.03. The molecule has 2 aliphatic rings. The average Bonchev–Trinajstić information content (AvgIpc) is 3.04. The third kappa shape index (κ3) is 4.71. The highest BCUT2D eigenvalue weighted by Crippen LogP contribution is 2.44. The number of hydrogen-bond donors (Lipinski definition) is 0. The van der Waals surface area contributed by atoms with Gasteiger partial charge in [0.1, 0.15) is 0 Å². The molecule has 3 unspecified atom stereocenters. The third-order valence-electron chi connectivity index (χ3n) is 6.25. The van der Waals surface area contributed by atoms with Crippen LogP contribution in [-0.4, -0.2) is 5.78 Å². The minimum Gasteiger partial charge on any atom is -0.461 e. The average molecular weight is 316 g/mol. The molecule has 128 valence electrons. The van der Waals surface area contributed by atoms with Crippen molar-refractivity contribution in [3.8, 4) is 0 Å². The van der Waals surface area contributed by atoms with Crippen LogP contribution in [0.4, 0.5) is 0 Å². The van der Waals surface area contributed by atoms with E-state index in [9.17, 15) is 4.79 Å². The highest BCUT2D eigenvalue weighted by atomic mass is 16.3. The van der Waals surface area contributed by atoms with E-state index in [2.05, 4.69) is 0 Å². The number of carbonyl (C=O) groups is 1. The Morgan fingerprint density at radius 2 is 1.78 bits per heavy atom. The van der Waals surface area contributed by atoms with E-state index in [1.807, 2.05) is 0 Å². The summed E-state index contributed by atoms with van der Waals surface area (Å²) in [6, 6.07) is 3.57. The van der Waals surface area contributed by atoms with Gasteiger partial charge in [-0.25, -0.2) is 0 Å². The standard InChI is InChI=1S/C21H32O2/c22-20(21-15-8-16-23-21)14-3-1-2-9-17-10-4-5-11-18-12-6-7-13-19(17)18/h8,15-19H,1-7,9-14H2. The Balaban J connectivity index is 1.36. The van der Waals surface area contributed by atoms with Crippen molar-refractivity contribution in [1.82, 2.24) is 0 Å². The minimum atomic E-state index is 0.164. The summed E-state index contributed by atoms with van der Waals surface area (Å²) in [5, 5.41) is 0. The van der Waals surface area contributed by atoms with Crippen LogP contribution < -0.4 is 0 Å². The maximum atomic E-state index is 11.9. The van der Waals surface area contributed by atoms with Crippen LogP contribution in [0, 0.1) is 17.8 Å². The molecule has 1 heterocycles. The lowest BCUT2D eigenvalue weighted by molar-refractivity contribution is 0.0951. The van der Waals surface area contributed by atoms with E-state index in [4.69, 9.17) is 4.42 Å². The van der Waals surface area contributed by atoms with Crippen molar-refractivity contribution in [2.75, 3.05) is 0 Å². The molecular weight excluding hydrogens is 284 g/mol. The molecule has 0 spiro atoms. The molecule has 2 saturated carbocycles. The second kappa shape index (κ2) is 8.70. The number of fused-ring (bicyclic) bond motifs is 1. The summed E-state index contributed by atoms with van der Waals surface area (Å²) in [6.45, 7) is 0. The number of furan rings is 1. The zero-order valence-corrected chi connectivity index (χ0v) is 14.5. The van der Waals surface area contributed by atoms with Gasteiger partial charge in [0.25, 0.3) is 0 Å². The van der Waals surface area contributed by atoms with Crippen LogP contribution in [0.5, 0.6) is 0 Å². The van der Waals surface area contributed by atoms with Gasteiger partial charge in [0.05, 0.1) is 6.26 Å². The molecule has 2 aliphatic carbocycles. The van der Waals surface area contributed by atoms with Crippen LogP contribution >= 0.6 is 0 Å². The van der Waals surface area contributed by atoms with E-state index in [0.717, 1.165) is 24.2 Å².